The van der Waals surface area contributed by atoms with Gasteiger partial charge in [-0.15, -0.1) is 0 Å². The van der Waals surface area contributed by atoms with Crippen LogP contribution in [-0.2, 0) is 14.5 Å². The number of carbonyl (C=O) groups is 1. The van der Waals surface area contributed by atoms with Crippen LogP contribution in [0.4, 0.5) is 10.1 Å². The highest BCUT2D eigenvalue weighted by Gasteiger charge is 2.47. The molecule has 1 aliphatic heterocycles. The third-order valence-electron chi connectivity index (χ3n) is 9.31. The molecule has 2 aromatic carbocycles. The Morgan fingerprint density at radius 3 is 2.30 bits per heavy atom. The van der Waals surface area contributed by atoms with Crippen LogP contribution in [0.25, 0.3) is 16.8 Å². The van der Waals surface area contributed by atoms with Gasteiger partial charge >= 0.3 is 0 Å². The Kier molecular flexibility index (Phi) is 8.17. The van der Waals surface area contributed by atoms with Crippen molar-refractivity contribution < 1.29 is 13.4 Å². The highest BCUT2D eigenvalue weighted by Crippen LogP contribution is 2.51. The lowest BCUT2D eigenvalue weighted by Gasteiger charge is -2.32. The van der Waals surface area contributed by atoms with Crippen molar-refractivity contribution in [3.63, 3.8) is 0 Å². The lowest BCUT2D eigenvalue weighted by atomic mass is 9.72. The van der Waals surface area contributed by atoms with Gasteiger partial charge in [-0.3, -0.25) is 4.79 Å². The molecule has 2 saturated carbocycles. The molecule has 7 nitrogen and oxygen atoms in total. The summed E-state index contributed by atoms with van der Waals surface area (Å²) < 4.78 is 33.5. The molecule has 0 spiro atoms. The molecule has 44 heavy (non-hydrogen) atoms. The number of hydrogen-bond acceptors (Lipinski definition) is 6. The SMILES string of the molecule is CC(C)(C)N=S1(=O)CCN(c2ccc(-c3cn(-c4ccc(F)cc4)nc3[C@@H]3CCCC[C@H]3C(=O)CC3(C#N)CC3)cc2)CC1. The van der Waals surface area contributed by atoms with Crippen LogP contribution in [0.15, 0.2) is 59.1 Å². The number of benzene rings is 2. The van der Waals surface area contributed by atoms with E-state index >= 15 is 0 Å². The third-order valence-corrected chi connectivity index (χ3v) is 11.8. The Hall–Kier alpha value is -3.51. The maximum atomic E-state index is 13.7. The second-order valence-electron chi connectivity index (χ2n) is 13.9. The number of hydrogen-bond donors (Lipinski definition) is 0. The number of halogens is 1. The van der Waals surface area contributed by atoms with Crippen LogP contribution in [0.3, 0.4) is 0 Å². The van der Waals surface area contributed by atoms with Gasteiger partial charge in [0, 0.05) is 60.3 Å². The Bertz CT molecular complexity index is 1670. The summed E-state index contributed by atoms with van der Waals surface area (Å²) >= 11 is 0. The van der Waals surface area contributed by atoms with E-state index in [1.807, 2.05) is 27.0 Å². The predicted molar refractivity (Wildman–Crippen MR) is 173 cm³/mol. The zero-order chi connectivity index (χ0) is 31.1. The molecule has 3 fully saturated rings. The van der Waals surface area contributed by atoms with Crippen LogP contribution in [-0.4, -0.2) is 49.9 Å². The molecule has 6 rings (SSSR count). The molecular formula is C35H42FN5O2S. The van der Waals surface area contributed by atoms with Gasteiger partial charge in [0.15, 0.2) is 0 Å². The van der Waals surface area contributed by atoms with Crippen molar-refractivity contribution in [1.29, 1.82) is 5.26 Å². The highest BCUT2D eigenvalue weighted by molar-refractivity contribution is 7.93. The van der Waals surface area contributed by atoms with Gasteiger partial charge in [-0.2, -0.15) is 10.4 Å². The molecule has 2 aliphatic carbocycles. The summed E-state index contributed by atoms with van der Waals surface area (Å²) in [6, 6.07) is 17.1. The maximum Gasteiger partial charge on any atom is 0.138 e. The first-order valence-electron chi connectivity index (χ1n) is 15.9. The Labute approximate surface area is 260 Å². The Morgan fingerprint density at radius 1 is 1.05 bits per heavy atom. The molecule has 0 unspecified atom stereocenters. The molecule has 0 N–H and O–H groups in total. The lowest BCUT2D eigenvalue weighted by Crippen LogP contribution is -2.41. The fourth-order valence-electron chi connectivity index (χ4n) is 6.82. The quantitative estimate of drug-likeness (QED) is 0.278. The molecule has 2 atom stereocenters. The van der Waals surface area contributed by atoms with Crippen molar-refractivity contribution in [2.75, 3.05) is 29.5 Å². The smallest absolute Gasteiger partial charge is 0.138 e. The molecule has 1 aromatic heterocycles. The number of Topliss-reactive ketones (excluding diaryl/α,β-unsaturated/α-hetero) is 1. The number of ketones is 1. The number of rotatable bonds is 7. The van der Waals surface area contributed by atoms with E-state index in [1.54, 1.807) is 16.8 Å². The number of anilines is 1. The first kappa shape index (κ1) is 30.5. The van der Waals surface area contributed by atoms with Crippen molar-refractivity contribution in [2.45, 2.75) is 77.2 Å². The molecule has 0 amide bonds. The topological polar surface area (TPSA) is 91.3 Å². The molecule has 0 radical (unpaired) electrons. The summed E-state index contributed by atoms with van der Waals surface area (Å²) in [5, 5.41) is 14.7. The summed E-state index contributed by atoms with van der Waals surface area (Å²) in [5.41, 5.74) is 3.93. The lowest BCUT2D eigenvalue weighted by molar-refractivity contribution is -0.125. The van der Waals surface area contributed by atoms with Crippen LogP contribution in [0.5, 0.6) is 0 Å². The van der Waals surface area contributed by atoms with Gasteiger partial charge in [0.2, 0.25) is 0 Å². The molecule has 232 valence electrons. The summed E-state index contributed by atoms with van der Waals surface area (Å²) in [5.74, 6) is 0.804. The second kappa shape index (κ2) is 11.8. The number of aromatic nitrogens is 2. The van der Waals surface area contributed by atoms with Crippen LogP contribution < -0.4 is 4.90 Å². The van der Waals surface area contributed by atoms with Crippen LogP contribution in [0, 0.1) is 28.5 Å². The van der Waals surface area contributed by atoms with Crippen molar-refractivity contribution in [3.05, 3.63) is 66.2 Å². The largest absolute Gasteiger partial charge is 0.370 e. The van der Waals surface area contributed by atoms with Crippen molar-refractivity contribution in [1.82, 2.24) is 9.78 Å². The summed E-state index contributed by atoms with van der Waals surface area (Å²) in [7, 11) is -2.20. The van der Waals surface area contributed by atoms with E-state index in [0.717, 1.165) is 66.7 Å². The molecule has 2 heterocycles. The van der Waals surface area contributed by atoms with E-state index < -0.39 is 15.1 Å². The van der Waals surface area contributed by atoms with E-state index in [2.05, 4.69) is 39.6 Å². The van der Waals surface area contributed by atoms with Gasteiger partial charge in [-0.25, -0.2) is 17.6 Å². The molecule has 9 heteroatoms. The van der Waals surface area contributed by atoms with Gasteiger partial charge < -0.3 is 4.90 Å². The molecule has 3 aromatic rings. The second-order valence-corrected chi connectivity index (χ2v) is 16.4. The molecule has 3 aliphatic rings. The summed E-state index contributed by atoms with van der Waals surface area (Å²) in [6.07, 6.45) is 7.65. The predicted octanol–water partition coefficient (Wildman–Crippen LogP) is 7.30. The first-order chi connectivity index (χ1) is 21.0. The Balaban J connectivity index is 1.30. The van der Waals surface area contributed by atoms with Crippen LogP contribution in [0.2, 0.25) is 0 Å². The van der Waals surface area contributed by atoms with E-state index in [1.165, 1.54) is 12.1 Å². The summed E-state index contributed by atoms with van der Waals surface area (Å²) in [4.78, 5) is 15.9. The van der Waals surface area contributed by atoms with Crippen molar-refractivity contribution >= 4 is 21.2 Å². The molecule has 0 bridgehead atoms. The minimum Gasteiger partial charge on any atom is -0.370 e. The normalized spacial score (nSPS) is 22.7. The monoisotopic (exact) mass is 615 g/mol. The maximum absolute atomic E-state index is 13.7. The van der Waals surface area contributed by atoms with E-state index in [0.29, 0.717) is 31.0 Å². The number of nitrogens with zero attached hydrogens (tertiary/aromatic N) is 5. The van der Waals surface area contributed by atoms with E-state index in [4.69, 9.17) is 5.10 Å². The first-order valence-corrected chi connectivity index (χ1v) is 17.7. The molecular weight excluding hydrogens is 573 g/mol. The summed E-state index contributed by atoms with van der Waals surface area (Å²) in [6.45, 7) is 7.39. The minimum atomic E-state index is -2.20. The zero-order valence-electron chi connectivity index (χ0n) is 26.0. The van der Waals surface area contributed by atoms with Crippen LogP contribution in [0.1, 0.15) is 77.3 Å². The average molecular weight is 616 g/mol. The van der Waals surface area contributed by atoms with Gasteiger partial charge in [0.05, 0.1) is 38.1 Å². The fourth-order valence-corrected chi connectivity index (χ4v) is 9.21. The third kappa shape index (κ3) is 6.61. The fraction of sp³-hybridized carbons (Fsp3) is 0.514. The van der Waals surface area contributed by atoms with Gasteiger partial charge in [0.1, 0.15) is 11.6 Å². The van der Waals surface area contributed by atoms with Crippen molar-refractivity contribution in [3.8, 4) is 22.9 Å². The van der Waals surface area contributed by atoms with Gasteiger partial charge in [-0.1, -0.05) is 25.0 Å². The molecule has 1 saturated heterocycles. The standard InChI is InChI=1S/C35H42FN5O2S/c1-34(2,3)39-44(43)20-18-40(19-21-44)27-12-8-25(9-13-27)31-23-41(28-14-10-26(36)11-15-28)38-33(31)30-7-5-4-6-29(30)32(42)22-35(24-37)16-17-35/h8-15,23,29-30H,4-7,16-22H2,1-3H3/t29-,30-/m1/s1. The average Bonchev–Trinajstić information content (AvgIpc) is 3.63. The number of carbonyl (C=O) groups excluding carboxylic acids is 1. The highest BCUT2D eigenvalue weighted by atomic mass is 32.2. The zero-order valence-corrected chi connectivity index (χ0v) is 26.8. The van der Waals surface area contributed by atoms with Gasteiger partial charge in [0.25, 0.3) is 0 Å². The van der Waals surface area contributed by atoms with Crippen molar-refractivity contribution in [2.24, 2.45) is 15.7 Å². The van der Waals surface area contributed by atoms with E-state index in [-0.39, 0.29) is 29.0 Å². The number of nitriles is 1. The van der Waals surface area contributed by atoms with Gasteiger partial charge in [-0.05, 0) is 88.4 Å². The van der Waals surface area contributed by atoms with Crippen LogP contribution >= 0.6 is 0 Å². The minimum absolute atomic E-state index is 0.0380. The van der Waals surface area contributed by atoms with E-state index in [9.17, 15) is 18.7 Å². The Morgan fingerprint density at radius 2 is 1.68 bits per heavy atom.